The molecule has 3 rings (SSSR count). The third-order valence-corrected chi connectivity index (χ3v) is 4.81. The number of benzene rings is 2. The van der Waals surface area contributed by atoms with Gasteiger partial charge in [-0.05, 0) is 52.7 Å². The van der Waals surface area contributed by atoms with Crippen LogP contribution in [0.4, 0.5) is 0 Å². The highest BCUT2D eigenvalue weighted by atomic mass is 79.9. The Morgan fingerprint density at radius 3 is 2.86 bits per heavy atom. The Bertz CT molecular complexity index is 1140. The van der Waals surface area contributed by atoms with Crippen molar-refractivity contribution in [3.63, 3.8) is 0 Å². The molecule has 0 aliphatic rings. The molecule has 28 heavy (non-hydrogen) atoms. The van der Waals surface area contributed by atoms with Crippen LogP contribution in [-0.2, 0) is 4.79 Å². The van der Waals surface area contributed by atoms with Gasteiger partial charge in [-0.15, -0.1) is 0 Å². The van der Waals surface area contributed by atoms with Crippen LogP contribution in [0.3, 0.4) is 0 Å². The summed E-state index contributed by atoms with van der Waals surface area (Å²) in [7, 11) is 0. The minimum atomic E-state index is -0.490. The van der Waals surface area contributed by atoms with E-state index in [1.54, 1.807) is 30.3 Å². The van der Waals surface area contributed by atoms with Crippen molar-refractivity contribution >= 4 is 55.0 Å². The molecule has 0 atom stereocenters. The summed E-state index contributed by atoms with van der Waals surface area (Å²) >= 11 is 6.53. The highest BCUT2D eigenvalue weighted by molar-refractivity contribution is 9.11. The zero-order valence-corrected chi connectivity index (χ0v) is 17.7. The molecule has 0 radical (unpaired) electrons. The standard InChI is InChI=1S/C19H14Br2N2O5/c1-10-4-18(25)28-16-7-13(2-3-14(10)16)27-9-17(24)23-22-8-11-5-12(20)6-15(21)19(11)26/h2-8,26H,9H2,1H3,(H,23,24)/b22-8+. The number of nitrogens with zero attached hydrogens (tertiary/aromatic N) is 1. The summed E-state index contributed by atoms with van der Waals surface area (Å²) in [5.41, 5.74) is 3.47. The van der Waals surface area contributed by atoms with E-state index < -0.39 is 11.5 Å². The molecule has 2 aromatic carbocycles. The molecule has 0 spiro atoms. The quantitative estimate of drug-likeness (QED) is 0.309. The fourth-order valence-corrected chi connectivity index (χ4v) is 3.69. The molecule has 0 bridgehead atoms. The third-order valence-electron chi connectivity index (χ3n) is 3.74. The lowest BCUT2D eigenvalue weighted by molar-refractivity contribution is -0.123. The Morgan fingerprint density at radius 2 is 2.07 bits per heavy atom. The summed E-state index contributed by atoms with van der Waals surface area (Å²) in [6, 6.07) is 9.74. The monoisotopic (exact) mass is 508 g/mol. The van der Waals surface area contributed by atoms with Crippen LogP contribution in [-0.4, -0.2) is 23.8 Å². The summed E-state index contributed by atoms with van der Waals surface area (Å²) in [6.45, 7) is 1.53. The number of rotatable bonds is 5. The van der Waals surface area contributed by atoms with Gasteiger partial charge in [0.05, 0.1) is 10.7 Å². The molecular weight excluding hydrogens is 496 g/mol. The molecule has 0 saturated heterocycles. The normalized spacial score (nSPS) is 11.1. The summed E-state index contributed by atoms with van der Waals surface area (Å²) in [6.07, 6.45) is 1.32. The minimum Gasteiger partial charge on any atom is -0.506 e. The van der Waals surface area contributed by atoms with Crippen molar-refractivity contribution in [3.8, 4) is 11.5 Å². The van der Waals surface area contributed by atoms with Gasteiger partial charge in [0, 0.05) is 27.6 Å². The van der Waals surface area contributed by atoms with Crippen LogP contribution in [0.2, 0.25) is 0 Å². The van der Waals surface area contributed by atoms with E-state index in [2.05, 4.69) is 42.4 Å². The van der Waals surface area contributed by atoms with Crippen molar-refractivity contribution in [1.29, 1.82) is 0 Å². The predicted octanol–water partition coefficient (Wildman–Crippen LogP) is 3.86. The van der Waals surface area contributed by atoms with Gasteiger partial charge >= 0.3 is 5.63 Å². The van der Waals surface area contributed by atoms with Crippen LogP contribution < -0.4 is 15.8 Å². The summed E-state index contributed by atoms with van der Waals surface area (Å²) in [4.78, 5) is 23.4. The molecule has 2 N–H and O–H groups in total. The summed E-state index contributed by atoms with van der Waals surface area (Å²) in [5.74, 6) is -0.102. The van der Waals surface area contributed by atoms with Gasteiger partial charge in [0.15, 0.2) is 6.61 Å². The molecule has 1 amide bonds. The second-order valence-corrected chi connectivity index (χ2v) is 7.58. The maximum atomic E-state index is 11.9. The SMILES string of the molecule is Cc1cc(=O)oc2cc(OCC(=O)N/N=C/c3cc(Br)cc(Br)c3O)ccc12. The third kappa shape index (κ3) is 4.79. The molecule has 0 fully saturated rings. The van der Waals surface area contributed by atoms with Crippen molar-refractivity contribution in [2.24, 2.45) is 5.10 Å². The average Bonchev–Trinajstić information content (AvgIpc) is 2.63. The topological polar surface area (TPSA) is 101 Å². The first-order valence-electron chi connectivity index (χ1n) is 8.00. The van der Waals surface area contributed by atoms with Crippen molar-refractivity contribution in [2.75, 3.05) is 6.61 Å². The smallest absolute Gasteiger partial charge is 0.336 e. The number of carbonyl (C=O) groups excluding carboxylic acids is 1. The number of nitrogens with one attached hydrogen (secondary N) is 1. The number of carbonyl (C=O) groups is 1. The first-order valence-corrected chi connectivity index (χ1v) is 9.59. The van der Waals surface area contributed by atoms with Crippen LogP contribution >= 0.6 is 31.9 Å². The van der Waals surface area contributed by atoms with Gasteiger partial charge in [-0.1, -0.05) is 15.9 Å². The van der Waals surface area contributed by atoms with Crippen molar-refractivity contribution in [2.45, 2.75) is 6.92 Å². The number of hydrogen-bond donors (Lipinski definition) is 2. The number of amides is 1. The molecule has 0 aliphatic carbocycles. The van der Waals surface area contributed by atoms with E-state index in [1.165, 1.54) is 12.3 Å². The predicted molar refractivity (Wildman–Crippen MR) is 112 cm³/mol. The van der Waals surface area contributed by atoms with E-state index in [0.29, 0.717) is 21.4 Å². The summed E-state index contributed by atoms with van der Waals surface area (Å²) in [5, 5.41) is 14.5. The van der Waals surface area contributed by atoms with E-state index >= 15 is 0 Å². The number of ether oxygens (including phenoxy) is 1. The van der Waals surface area contributed by atoms with E-state index in [9.17, 15) is 14.7 Å². The van der Waals surface area contributed by atoms with Crippen LogP contribution in [0.1, 0.15) is 11.1 Å². The van der Waals surface area contributed by atoms with Crippen molar-refractivity contribution in [3.05, 3.63) is 66.9 Å². The number of phenols is 1. The highest BCUT2D eigenvalue weighted by Gasteiger charge is 2.07. The van der Waals surface area contributed by atoms with Gasteiger partial charge in [-0.25, -0.2) is 10.2 Å². The van der Waals surface area contributed by atoms with Crippen molar-refractivity contribution in [1.82, 2.24) is 5.43 Å². The maximum absolute atomic E-state index is 11.9. The molecule has 9 heteroatoms. The van der Waals surface area contributed by atoms with Gasteiger partial charge in [0.25, 0.3) is 5.91 Å². The fraction of sp³-hybridized carbons (Fsp3) is 0.105. The van der Waals surface area contributed by atoms with Crippen LogP contribution in [0.15, 0.2) is 59.7 Å². The Kier molecular flexibility index (Phi) is 6.15. The van der Waals surface area contributed by atoms with E-state index in [4.69, 9.17) is 9.15 Å². The zero-order valence-electron chi connectivity index (χ0n) is 14.5. The number of aryl methyl sites for hydroxylation is 1. The Morgan fingerprint density at radius 1 is 1.29 bits per heavy atom. The lowest BCUT2D eigenvalue weighted by atomic mass is 10.1. The molecule has 144 valence electrons. The number of hydrogen-bond acceptors (Lipinski definition) is 6. The van der Waals surface area contributed by atoms with Gasteiger partial charge in [-0.2, -0.15) is 5.10 Å². The Balaban J connectivity index is 1.62. The van der Waals surface area contributed by atoms with E-state index in [1.807, 2.05) is 6.92 Å². The lowest BCUT2D eigenvalue weighted by Gasteiger charge is -2.07. The molecule has 0 saturated carbocycles. The first kappa shape index (κ1) is 20.1. The number of hydrazone groups is 1. The average molecular weight is 510 g/mol. The fourth-order valence-electron chi connectivity index (χ4n) is 2.43. The molecule has 0 unspecified atom stereocenters. The largest absolute Gasteiger partial charge is 0.506 e. The molecular formula is C19H14Br2N2O5. The van der Waals surface area contributed by atoms with E-state index in [-0.39, 0.29) is 12.4 Å². The molecule has 1 heterocycles. The summed E-state index contributed by atoms with van der Waals surface area (Å²) < 4.78 is 11.8. The van der Waals surface area contributed by atoms with Gasteiger partial charge < -0.3 is 14.3 Å². The number of aromatic hydroxyl groups is 1. The number of fused-ring (bicyclic) bond motifs is 1. The van der Waals surface area contributed by atoms with E-state index in [0.717, 1.165) is 15.4 Å². The lowest BCUT2D eigenvalue weighted by Crippen LogP contribution is -2.24. The van der Waals surface area contributed by atoms with Crippen LogP contribution in [0, 0.1) is 6.92 Å². The second kappa shape index (κ2) is 8.57. The molecule has 3 aromatic rings. The maximum Gasteiger partial charge on any atom is 0.336 e. The Hall–Kier alpha value is -2.65. The molecule has 7 nitrogen and oxygen atoms in total. The van der Waals surface area contributed by atoms with Crippen LogP contribution in [0.5, 0.6) is 11.5 Å². The first-order chi connectivity index (χ1) is 13.3. The highest BCUT2D eigenvalue weighted by Crippen LogP contribution is 2.30. The number of halogens is 2. The molecule has 0 aliphatic heterocycles. The van der Waals surface area contributed by atoms with Crippen LogP contribution in [0.25, 0.3) is 11.0 Å². The van der Waals surface area contributed by atoms with Crippen molar-refractivity contribution < 1.29 is 19.1 Å². The zero-order chi connectivity index (χ0) is 20.3. The minimum absolute atomic E-state index is 0.00500. The number of phenolic OH excluding ortho intramolecular Hbond substituents is 1. The van der Waals surface area contributed by atoms with Gasteiger partial charge in [-0.3, -0.25) is 4.79 Å². The molecule has 1 aromatic heterocycles. The Labute approximate surface area is 176 Å². The van der Waals surface area contributed by atoms with Gasteiger partial charge in [0.2, 0.25) is 0 Å². The second-order valence-electron chi connectivity index (χ2n) is 5.81. The van der Waals surface area contributed by atoms with Gasteiger partial charge in [0.1, 0.15) is 17.1 Å².